The molecule has 4 rings (SSSR count). The fourth-order valence-corrected chi connectivity index (χ4v) is 4.05. The Hall–Kier alpha value is -2.95. The molecule has 1 aliphatic heterocycles. The van der Waals surface area contributed by atoms with Crippen molar-refractivity contribution in [1.29, 1.82) is 0 Å². The van der Waals surface area contributed by atoms with Crippen molar-refractivity contribution in [2.45, 2.75) is 57.5 Å². The van der Waals surface area contributed by atoms with Gasteiger partial charge in [-0.3, -0.25) is 14.6 Å². The van der Waals surface area contributed by atoms with E-state index in [1.807, 2.05) is 12.1 Å². The fraction of sp³-hybridized carbons (Fsp3) is 0.400. The molecule has 1 amide bonds. The standard InChI is InChI=1S/C25H28N2O3/c1-25(2)15-18-11-12-20(30-3)13-21(18)22(27-25)14-23(28)16-7-9-17(10-8-16)24(29)26-19-5-4-6-19/h7-13,19H,4-6,14-15H2,1-3H3,(H,26,29). The number of fused-ring (bicyclic) bond motifs is 1. The van der Waals surface area contributed by atoms with Crippen LogP contribution < -0.4 is 10.1 Å². The number of benzene rings is 2. The lowest BCUT2D eigenvalue weighted by atomic mass is 9.85. The van der Waals surface area contributed by atoms with Crippen LogP contribution in [0.15, 0.2) is 47.5 Å². The van der Waals surface area contributed by atoms with Crippen LogP contribution in [0.3, 0.4) is 0 Å². The van der Waals surface area contributed by atoms with Crippen molar-refractivity contribution in [3.63, 3.8) is 0 Å². The fourth-order valence-electron chi connectivity index (χ4n) is 4.05. The number of nitrogens with zero attached hydrogens (tertiary/aromatic N) is 1. The zero-order valence-electron chi connectivity index (χ0n) is 17.8. The smallest absolute Gasteiger partial charge is 0.251 e. The highest BCUT2D eigenvalue weighted by molar-refractivity contribution is 6.17. The molecule has 0 spiro atoms. The van der Waals surface area contributed by atoms with E-state index in [0.29, 0.717) is 17.2 Å². The van der Waals surface area contributed by atoms with Crippen molar-refractivity contribution in [3.05, 3.63) is 64.7 Å². The number of hydrogen-bond acceptors (Lipinski definition) is 4. The molecule has 156 valence electrons. The van der Waals surface area contributed by atoms with E-state index in [9.17, 15) is 9.59 Å². The van der Waals surface area contributed by atoms with E-state index in [1.165, 1.54) is 12.0 Å². The Bertz CT molecular complexity index is 1000. The summed E-state index contributed by atoms with van der Waals surface area (Å²) in [5.74, 6) is 0.680. The molecule has 0 radical (unpaired) electrons. The molecule has 0 unspecified atom stereocenters. The molecule has 2 aliphatic rings. The van der Waals surface area contributed by atoms with Gasteiger partial charge in [0.25, 0.3) is 5.91 Å². The van der Waals surface area contributed by atoms with Gasteiger partial charge in [-0.05, 0) is 69.4 Å². The predicted molar refractivity (Wildman–Crippen MR) is 118 cm³/mol. The molecular weight excluding hydrogens is 376 g/mol. The van der Waals surface area contributed by atoms with E-state index in [1.54, 1.807) is 31.4 Å². The molecule has 0 saturated heterocycles. The highest BCUT2D eigenvalue weighted by Crippen LogP contribution is 2.31. The van der Waals surface area contributed by atoms with Crippen LogP contribution in [0.4, 0.5) is 0 Å². The van der Waals surface area contributed by atoms with Gasteiger partial charge in [-0.15, -0.1) is 0 Å². The summed E-state index contributed by atoms with van der Waals surface area (Å²) in [4.78, 5) is 30.1. The molecule has 1 N–H and O–H groups in total. The minimum absolute atomic E-state index is 0.00818. The summed E-state index contributed by atoms with van der Waals surface area (Å²) in [6.45, 7) is 4.17. The Kier molecular flexibility index (Phi) is 5.46. The van der Waals surface area contributed by atoms with Gasteiger partial charge < -0.3 is 10.1 Å². The first-order valence-electron chi connectivity index (χ1n) is 10.5. The Morgan fingerprint density at radius 1 is 1.10 bits per heavy atom. The van der Waals surface area contributed by atoms with Crippen LogP contribution in [-0.2, 0) is 6.42 Å². The maximum atomic E-state index is 13.0. The predicted octanol–water partition coefficient (Wildman–Crippen LogP) is 4.37. The lowest BCUT2D eigenvalue weighted by Gasteiger charge is -2.29. The number of ether oxygens (including phenoxy) is 1. The van der Waals surface area contributed by atoms with Crippen LogP contribution in [0.1, 0.15) is 71.4 Å². The highest BCUT2D eigenvalue weighted by Gasteiger charge is 2.28. The van der Waals surface area contributed by atoms with Crippen LogP contribution in [0.25, 0.3) is 0 Å². The van der Waals surface area contributed by atoms with Crippen molar-refractivity contribution < 1.29 is 14.3 Å². The van der Waals surface area contributed by atoms with Crippen molar-refractivity contribution >= 4 is 17.4 Å². The normalized spacial score (nSPS) is 17.4. The number of nitrogens with one attached hydrogen (secondary N) is 1. The summed E-state index contributed by atoms with van der Waals surface area (Å²) < 4.78 is 5.37. The molecule has 5 heteroatoms. The SMILES string of the molecule is COc1ccc2c(c1)C(CC(=O)c1ccc(C(=O)NC3CCC3)cc1)=NC(C)(C)C2. The maximum Gasteiger partial charge on any atom is 0.251 e. The van der Waals surface area contributed by atoms with Crippen LogP contribution in [0, 0.1) is 0 Å². The number of methoxy groups -OCH3 is 1. The Morgan fingerprint density at radius 3 is 2.43 bits per heavy atom. The van der Waals surface area contributed by atoms with Crippen LogP contribution >= 0.6 is 0 Å². The summed E-state index contributed by atoms with van der Waals surface area (Å²) in [5, 5.41) is 3.02. The van der Waals surface area contributed by atoms with Crippen LogP contribution in [0.2, 0.25) is 0 Å². The van der Waals surface area contributed by atoms with E-state index < -0.39 is 0 Å². The number of aliphatic imine (C=N–C) groups is 1. The molecule has 1 saturated carbocycles. The second-order valence-electron chi connectivity index (χ2n) is 8.85. The molecule has 0 aromatic heterocycles. The molecule has 5 nitrogen and oxygen atoms in total. The summed E-state index contributed by atoms with van der Waals surface area (Å²) in [7, 11) is 1.64. The number of amides is 1. The minimum atomic E-state index is -0.249. The molecule has 0 atom stereocenters. The third kappa shape index (κ3) is 4.30. The monoisotopic (exact) mass is 404 g/mol. The van der Waals surface area contributed by atoms with E-state index in [2.05, 4.69) is 25.2 Å². The van der Waals surface area contributed by atoms with Gasteiger partial charge in [0.05, 0.1) is 24.8 Å². The topological polar surface area (TPSA) is 67.8 Å². The zero-order chi connectivity index (χ0) is 21.3. The molecule has 0 bridgehead atoms. The molecule has 30 heavy (non-hydrogen) atoms. The summed E-state index contributed by atoms with van der Waals surface area (Å²) in [6.07, 6.45) is 4.32. The quantitative estimate of drug-likeness (QED) is 0.727. The number of carbonyl (C=O) groups excluding carboxylic acids is 2. The number of ketones is 1. The van der Waals surface area contributed by atoms with Gasteiger partial charge in [0, 0.05) is 22.7 Å². The van der Waals surface area contributed by atoms with Gasteiger partial charge in [-0.1, -0.05) is 18.2 Å². The highest BCUT2D eigenvalue weighted by atomic mass is 16.5. The van der Waals surface area contributed by atoms with E-state index in [4.69, 9.17) is 9.73 Å². The Morgan fingerprint density at radius 2 is 1.80 bits per heavy atom. The summed E-state index contributed by atoms with van der Waals surface area (Å²) in [5.41, 5.74) is 3.88. The van der Waals surface area contributed by atoms with Crippen molar-refractivity contribution in [3.8, 4) is 5.75 Å². The van der Waals surface area contributed by atoms with Crippen molar-refractivity contribution in [2.24, 2.45) is 4.99 Å². The lowest BCUT2D eigenvalue weighted by molar-refractivity contribution is 0.0915. The third-order valence-electron chi connectivity index (χ3n) is 5.93. The second kappa shape index (κ2) is 8.05. The van der Waals surface area contributed by atoms with E-state index in [0.717, 1.165) is 36.3 Å². The van der Waals surface area contributed by atoms with Gasteiger partial charge in [-0.25, -0.2) is 0 Å². The summed E-state index contributed by atoms with van der Waals surface area (Å²) in [6, 6.07) is 13.2. The number of Topliss-reactive ketones (excluding diaryl/α,β-unsaturated/α-hetero) is 1. The Balaban J connectivity index is 1.51. The van der Waals surface area contributed by atoms with E-state index in [-0.39, 0.29) is 23.7 Å². The second-order valence-corrected chi connectivity index (χ2v) is 8.85. The lowest BCUT2D eigenvalue weighted by Crippen LogP contribution is -2.39. The minimum Gasteiger partial charge on any atom is -0.497 e. The third-order valence-corrected chi connectivity index (χ3v) is 5.93. The van der Waals surface area contributed by atoms with Gasteiger partial charge in [0.2, 0.25) is 0 Å². The van der Waals surface area contributed by atoms with Gasteiger partial charge in [-0.2, -0.15) is 0 Å². The number of carbonyl (C=O) groups is 2. The molecule has 2 aromatic carbocycles. The zero-order valence-corrected chi connectivity index (χ0v) is 17.8. The van der Waals surface area contributed by atoms with E-state index >= 15 is 0 Å². The largest absolute Gasteiger partial charge is 0.497 e. The van der Waals surface area contributed by atoms with Crippen LogP contribution in [0.5, 0.6) is 5.75 Å². The first-order valence-corrected chi connectivity index (χ1v) is 10.5. The average Bonchev–Trinajstić information content (AvgIpc) is 2.69. The number of hydrogen-bond donors (Lipinski definition) is 1. The number of rotatable bonds is 6. The van der Waals surface area contributed by atoms with Crippen LogP contribution in [-0.4, -0.2) is 36.1 Å². The van der Waals surface area contributed by atoms with Crippen molar-refractivity contribution in [2.75, 3.05) is 7.11 Å². The molecule has 1 heterocycles. The van der Waals surface area contributed by atoms with Gasteiger partial charge in [0.15, 0.2) is 5.78 Å². The summed E-state index contributed by atoms with van der Waals surface area (Å²) >= 11 is 0. The molecule has 1 fully saturated rings. The van der Waals surface area contributed by atoms with Gasteiger partial charge in [0.1, 0.15) is 5.75 Å². The van der Waals surface area contributed by atoms with Gasteiger partial charge >= 0.3 is 0 Å². The Labute approximate surface area is 177 Å². The first kappa shape index (κ1) is 20.3. The molecular formula is C25H28N2O3. The molecule has 1 aliphatic carbocycles. The average molecular weight is 405 g/mol. The maximum absolute atomic E-state index is 13.0. The first-order chi connectivity index (χ1) is 14.3. The molecule has 2 aromatic rings. The van der Waals surface area contributed by atoms with Crippen molar-refractivity contribution in [1.82, 2.24) is 5.32 Å².